The first-order chi connectivity index (χ1) is 9.92. The molecule has 0 aliphatic carbocycles. The second kappa shape index (κ2) is 7.88. The van der Waals surface area contributed by atoms with Gasteiger partial charge in [0, 0.05) is 6.42 Å². The van der Waals surface area contributed by atoms with Gasteiger partial charge in [-0.1, -0.05) is 32.3 Å². The molecule has 0 aliphatic heterocycles. The molecule has 0 heterocycles. The number of carboxylic acid groups (broad SMARTS) is 1. The van der Waals surface area contributed by atoms with Crippen LogP contribution in [0.3, 0.4) is 0 Å². The minimum absolute atomic E-state index is 0.00427. The Morgan fingerprint density at radius 1 is 1.29 bits per heavy atom. The first-order valence-electron chi connectivity index (χ1n) is 7.24. The fourth-order valence-electron chi connectivity index (χ4n) is 2.36. The van der Waals surface area contributed by atoms with Gasteiger partial charge in [0.05, 0.1) is 12.7 Å². The van der Waals surface area contributed by atoms with Crippen LogP contribution in [0.2, 0.25) is 0 Å². The number of aliphatic hydroxyl groups is 1. The van der Waals surface area contributed by atoms with Gasteiger partial charge in [0.15, 0.2) is 11.5 Å². The molecule has 5 heteroatoms. The number of unbranched alkanes of at least 4 members (excludes halogenated alkanes) is 2. The Kier molecular flexibility index (Phi) is 6.49. The minimum atomic E-state index is -1.21. The third kappa shape index (κ3) is 4.93. The van der Waals surface area contributed by atoms with E-state index in [2.05, 4.69) is 6.92 Å². The van der Waals surface area contributed by atoms with Crippen molar-refractivity contribution in [2.75, 3.05) is 7.11 Å². The van der Waals surface area contributed by atoms with Crippen molar-refractivity contribution in [3.05, 3.63) is 23.8 Å². The monoisotopic (exact) mass is 296 g/mol. The van der Waals surface area contributed by atoms with Crippen molar-refractivity contribution in [2.24, 2.45) is 0 Å². The van der Waals surface area contributed by atoms with Crippen molar-refractivity contribution in [3.8, 4) is 11.5 Å². The van der Waals surface area contributed by atoms with Crippen molar-refractivity contribution >= 4 is 5.97 Å². The van der Waals surface area contributed by atoms with E-state index in [9.17, 15) is 15.0 Å². The molecule has 0 spiro atoms. The summed E-state index contributed by atoms with van der Waals surface area (Å²) in [4.78, 5) is 10.8. The molecule has 1 unspecified atom stereocenters. The maximum absolute atomic E-state index is 10.9. The normalized spacial score (nSPS) is 13.7. The Morgan fingerprint density at radius 2 is 2.00 bits per heavy atom. The van der Waals surface area contributed by atoms with E-state index in [1.54, 1.807) is 12.1 Å². The molecule has 1 rings (SSSR count). The van der Waals surface area contributed by atoms with Gasteiger partial charge in [-0.15, -0.1) is 0 Å². The Balaban J connectivity index is 3.00. The SMILES string of the molecule is CCCCCC(O)(CCC(=O)O)c1ccc(O)c(OC)c1. The van der Waals surface area contributed by atoms with Gasteiger partial charge in [0.25, 0.3) is 0 Å². The van der Waals surface area contributed by atoms with Gasteiger partial charge in [-0.25, -0.2) is 0 Å². The standard InChI is InChI=1S/C16H24O5/c1-3-4-5-9-16(20,10-8-15(18)19)12-6-7-13(17)14(11-12)21-2/h6-7,11,17,20H,3-5,8-10H2,1-2H3,(H,18,19). The number of ether oxygens (including phenoxy) is 1. The maximum atomic E-state index is 10.9. The summed E-state index contributed by atoms with van der Waals surface area (Å²) in [6, 6.07) is 4.65. The molecular weight excluding hydrogens is 272 g/mol. The van der Waals surface area contributed by atoms with Crippen LogP contribution in [-0.2, 0) is 10.4 Å². The van der Waals surface area contributed by atoms with Crippen LogP contribution < -0.4 is 4.74 Å². The van der Waals surface area contributed by atoms with E-state index in [1.807, 2.05) is 0 Å². The van der Waals surface area contributed by atoms with Gasteiger partial charge < -0.3 is 20.1 Å². The molecular formula is C16H24O5. The number of hydrogen-bond acceptors (Lipinski definition) is 4. The minimum Gasteiger partial charge on any atom is -0.504 e. The molecule has 0 amide bonds. The fraction of sp³-hybridized carbons (Fsp3) is 0.562. The molecule has 0 saturated heterocycles. The molecule has 1 aromatic rings. The Bertz CT molecular complexity index is 472. The summed E-state index contributed by atoms with van der Waals surface area (Å²) >= 11 is 0. The summed E-state index contributed by atoms with van der Waals surface area (Å²) in [7, 11) is 1.44. The predicted octanol–water partition coefficient (Wildman–Crippen LogP) is 3.03. The lowest BCUT2D eigenvalue weighted by molar-refractivity contribution is -0.138. The maximum Gasteiger partial charge on any atom is 0.303 e. The van der Waals surface area contributed by atoms with E-state index in [1.165, 1.54) is 13.2 Å². The summed E-state index contributed by atoms with van der Waals surface area (Å²) in [5.74, 6) is -0.665. The van der Waals surface area contributed by atoms with E-state index in [4.69, 9.17) is 9.84 Å². The molecule has 0 aromatic heterocycles. The third-order valence-electron chi connectivity index (χ3n) is 3.66. The van der Waals surface area contributed by atoms with Crippen molar-refractivity contribution in [1.82, 2.24) is 0 Å². The van der Waals surface area contributed by atoms with Crippen LogP contribution in [0.1, 0.15) is 51.0 Å². The lowest BCUT2D eigenvalue weighted by Gasteiger charge is -2.29. The van der Waals surface area contributed by atoms with Crippen molar-refractivity contribution in [2.45, 2.75) is 51.0 Å². The molecule has 0 bridgehead atoms. The molecule has 0 aliphatic rings. The number of carbonyl (C=O) groups is 1. The van der Waals surface area contributed by atoms with Crippen molar-refractivity contribution < 1.29 is 24.9 Å². The molecule has 1 atom stereocenters. The Morgan fingerprint density at radius 3 is 2.57 bits per heavy atom. The van der Waals surface area contributed by atoms with Gasteiger partial charge in [0.2, 0.25) is 0 Å². The molecule has 0 saturated carbocycles. The number of phenolic OH excluding ortho intramolecular Hbond substituents is 1. The summed E-state index contributed by atoms with van der Waals surface area (Å²) in [5.41, 5.74) is -0.636. The third-order valence-corrected chi connectivity index (χ3v) is 3.66. The molecule has 1 aromatic carbocycles. The summed E-state index contributed by atoms with van der Waals surface area (Å²) < 4.78 is 5.05. The van der Waals surface area contributed by atoms with Gasteiger partial charge >= 0.3 is 5.97 Å². The van der Waals surface area contributed by atoms with Gasteiger partial charge in [-0.05, 0) is 30.5 Å². The van der Waals surface area contributed by atoms with E-state index in [0.29, 0.717) is 12.0 Å². The highest BCUT2D eigenvalue weighted by atomic mass is 16.5. The lowest BCUT2D eigenvalue weighted by Crippen LogP contribution is -2.27. The summed E-state index contributed by atoms with van der Waals surface area (Å²) in [6.07, 6.45) is 3.34. The average Bonchev–Trinajstić information content (AvgIpc) is 2.46. The number of methoxy groups -OCH3 is 1. The quantitative estimate of drug-likeness (QED) is 0.610. The second-order valence-corrected chi connectivity index (χ2v) is 5.27. The van der Waals surface area contributed by atoms with Crippen LogP contribution in [0.4, 0.5) is 0 Å². The van der Waals surface area contributed by atoms with E-state index in [0.717, 1.165) is 19.3 Å². The van der Waals surface area contributed by atoms with E-state index < -0.39 is 11.6 Å². The predicted molar refractivity (Wildman–Crippen MR) is 79.6 cm³/mol. The largest absolute Gasteiger partial charge is 0.504 e. The smallest absolute Gasteiger partial charge is 0.303 e. The van der Waals surface area contributed by atoms with E-state index in [-0.39, 0.29) is 24.3 Å². The summed E-state index contributed by atoms with van der Waals surface area (Å²) in [6.45, 7) is 2.07. The fourth-order valence-corrected chi connectivity index (χ4v) is 2.36. The highest BCUT2D eigenvalue weighted by Gasteiger charge is 2.30. The van der Waals surface area contributed by atoms with Crippen LogP contribution in [0, 0.1) is 0 Å². The highest BCUT2D eigenvalue weighted by molar-refractivity contribution is 5.66. The van der Waals surface area contributed by atoms with Gasteiger partial charge in [-0.3, -0.25) is 4.79 Å². The Labute approximate surface area is 125 Å². The zero-order valence-electron chi connectivity index (χ0n) is 12.6. The van der Waals surface area contributed by atoms with Gasteiger partial charge in [0.1, 0.15) is 0 Å². The lowest BCUT2D eigenvalue weighted by atomic mass is 9.84. The van der Waals surface area contributed by atoms with Gasteiger partial charge in [-0.2, -0.15) is 0 Å². The number of carboxylic acids is 1. The van der Waals surface area contributed by atoms with Crippen LogP contribution in [-0.4, -0.2) is 28.4 Å². The van der Waals surface area contributed by atoms with Crippen LogP contribution in [0.25, 0.3) is 0 Å². The number of phenols is 1. The van der Waals surface area contributed by atoms with Crippen LogP contribution >= 0.6 is 0 Å². The molecule has 118 valence electrons. The van der Waals surface area contributed by atoms with Crippen molar-refractivity contribution in [1.29, 1.82) is 0 Å². The Hall–Kier alpha value is -1.75. The number of benzene rings is 1. The zero-order chi connectivity index (χ0) is 15.9. The highest BCUT2D eigenvalue weighted by Crippen LogP contribution is 2.37. The van der Waals surface area contributed by atoms with Crippen molar-refractivity contribution in [3.63, 3.8) is 0 Å². The summed E-state index contributed by atoms with van der Waals surface area (Å²) in [5, 5.41) is 29.4. The molecule has 5 nitrogen and oxygen atoms in total. The number of aliphatic carboxylic acids is 1. The van der Waals surface area contributed by atoms with E-state index >= 15 is 0 Å². The molecule has 3 N–H and O–H groups in total. The first-order valence-corrected chi connectivity index (χ1v) is 7.24. The topological polar surface area (TPSA) is 87.0 Å². The number of aromatic hydroxyl groups is 1. The average molecular weight is 296 g/mol. The molecule has 0 radical (unpaired) electrons. The second-order valence-electron chi connectivity index (χ2n) is 5.27. The number of rotatable bonds is 9. The first kappa shape index (κ1) is 17.3. The molecule has 21 heavy (non-hydrogen) atoms. The molecule has 0 fully saturated rings. The van der Waals surface area contributed by atoms with Crippen LogP contribution in [0.5, 0.6) is 11.5 Å². The number of hydrogen-bond donors (Lipinski definition) is 3. The zero-order valence-corrected chi connectivity index (χ0v) is 12.6. The van der Waals surface area contributed by atoms with Crippen LogP contribution in [0.15, 0.2) is 18.2 Å².